The van der Waals surface area contributed by atoms with Gasteiger partial charge in [-0.15, -0.1) is 0 Å². The lowest BCUT2D eigenvalue weighted by molar-refractivity contribution is 0.0837. The molecule has 3 aliphatic rings. The van der Waals surface area contributed by atoms with E-state index >= 15 is 0 Å². The van der Waals surface area contributed by atoms with E-state index in [9.17, 15) is 9.35 Å². The summed E-state index contributed by atoms with van der Waals surface area (Å²) >= 11 is 0.428. The zero-order valence-corrected chi connectivity index (χ0v) is 25.2. The molecule has 3 aromatic rings. The van der Waals surface area contributed by atoms with Crippen LogP contribution in [-0.4, -0.2) is 40.9 Å². The van der Waals surface area contributed by atoms with Crippen LogP contribution in [0.25, 0.3) is 6.08 Å². The maximum atomic E-state index is 13.6. The lowest BCUT2D eigenvalue weighted by Gasteiger charge is -2.40. The van der Waals surface area contributed by atoms with Gasteiger partial charge in [0.1, 0.15) is 40.8 Å². The van der Waals surface area contributed by atoms with Crippen molar-refractivity contribution in [2.75, 3.05) is 36.0 Å². The Morgan fingerprint density at radius 1 is 0.857 bits per heavy atom. The number of hydrogen-bond acceptors (Lipinski definition) is 7. The molecular weight excluding hydrogens is 546 g/mol. The van der Waals surface area contributed by atoms with Crippen molar-refractivity contribution in [3.05, 3.63) is 113 Å². The van der Waals surface area contributed by atoms with Crippen LogP contribution in [0.3, 0.4) is 0 Å². The fraction of sp³-hybridized carbons (Fsp3) is 0.265. The molecule has 0 bridgehead atoms. The fourth-order valence-electron chi connectivity index (χ4n) is 6.27. The van der Waals surface area contributed by atoms with Crippen molar-refractivity contribution >= 4 is 35.6 Å². The highest BCUT2D eigenvalue weighted by molar-refractivity contribution is 7.92. The highest BCUT2D eigenvalue weighted by Crippen LogP contribution is 2.55. The first-order valence-corrected chi connectivity index (χ1v) is 15.2. The van der Waals surface area contributed by atoms with E-state index in [1.165, 1.54) is 4.31 Å². The molecule has 1 amide bonds. The molecule has 8 heteroatoms. The largest absolute Gasteiger partial charge is 0.457 e. The summed E-state index contributed by atoms with van der Waals surface area (Å²) in [5.74, 6) is 2.03. The highest BCUT2D eigenvalue weighted by Gasteiger charge is 2.54. The van der Waals surface area contributed by atoms with Gasteiger partial charge in [0.2, 0.25) is 0 Å². The van der Waals surface area contributed by atoms with Crippen LogP contribution in [0.15, 0.2) is 90.4 Å². The van der Waals surface area contributed by atoms with Gasteiger partial charge in [0, 0.05) is 71.9 Å². The molecule has 3 aliphatic heterocycles. The minimum absolute atomic E-state index is 0.267. The summed E-state index contributed by atoms with van der Waals surface area (Å²) in [5, 5.41) is 0. The number of rotatable bonds is 8. The minimum atomic E-state index is -1.11. The zero-order chi connectivity index (χ0) is 29.6. The van der Waals surface area contributed by atoms with Gasteiger partial charge < -0.3 is 23.8 Å². The molecule has 216 valence electrons. The smallest absolute Gasteiger partial charge is 0.267 e. The lowest BCUT2D eigenvalue weighted by atomic mass is 9.80. The summed E-state index contributed by atoms with van der Waals surface area (Å²) in [5.41, 5.74) is 4.67. The number of carbonyl (C=O) groups excluding carboxylic acids is 1. The quantitative estimate of drug-likeness (QED) is 0.219. The van der Waals surface area contributed by atoms with Crippen molar-refractivity contribution in [1.29, 1.82) is 0 Å². The SMILES string of the molecule is C=C1Oc2cc(N(CC)CC)ccc2C=C1C1=CC2(c3ccc(N(CC)CC)cc3O1)c1ccccc1C(=O)N2SO. The highest BCUT2D eigenvalue weighted by atomic mass is 32.2. The molecule has 0 radical (unpaired) electrons. The predicted molar refractivity (Wildman–Crippen MR) is 170 cm³/mol. The number of anilines is 2. The van der Waals surface area contributed by atoms with Crippen LogP contribution in [0, 0.1) is 0 Å². The van der Waals surface area contributed by atoms with E-state index in [-0.39, 0.29) is 5.91 Å². The standard InChI is InChI=1S/C34H35N3O4S/c1-6-35(7-2)24-15-14-23-18-27(22(5)40-30(23)19-24)32-21-34(28-13-11-10-12-26(28)33(38)37(34)42-39)29-17-16-25(20-31(29)41-32)36(8-3)9-4/h10-21,39H,5-9H2,1-4H3. The molecule has 6 rings (SSSR count). The summed E-state index contributed by atoms with van der Waals surface area (Å²) in [6.07, 6.45) is 3.93. The van der Waals surface area contributed by atoms with E-state index < -0.39 is 5.54 Å². The third kappa shape index (κ3) is 4.20. The topological polar surface area (TPSA) is 65.5 Å². The maximum absolute atomic E-state index is 13.6. The van der Waals surface area contributed by atoms with Gasteiger partial charge in [-0.05, 0) is 64.1 Å². The third-order valence-corrected chi connectivity index (χ3v) is 9.06. The molecule has 0 saturated heterocycles. The third-order valence-electron chi connectivity index (χ3n) is 8.44. The number of carbonyl (C=O) groups is 1. The molecule has 3 aromatic carbocycles. The first kappa shape index (κ1) is 28.0. The molecule has 0 aliphatic carbocycles. The van der Waals surface area contributed by atoms with Gasteiger partial charge in [-0.25, -0.2) is 4.31 Å². The van der Waals surface area contributed by atoms with Crippen molar-refractivity contribution in [2.45, 2.75) is 33.2 Å². The summed E-state index contributed by atoms with van der Waals surface area (Å²) < 4.78 is 24.9. The van der Waals surface area contributed by atoms with Gasteiger partial charge >= 0.3 is 0 Å². The normalized spacial score (nSPS) is 18.5. The maximum Gasteiger partial charge on any atom is 0.267 e. The van der Waals surface area contributed by atoms with E-state index in [0.717, 1.165) is 60.0 Å². The number of amides is 1. The molecular formula is C34H35N3O4S. The van der Waals surface area contributed by atoms with E-state index in [4.69, 9.17) is 9.47 Å². The van der Waals surface area contributed by atoms with E-state index in [1.54, 1.807) is 6.07 Å². The van der Waals surface area contributed by atoms with Crippen LogP contribution in [0.2, 0.25) is 0 Å². The second-order valence-electron chi connectivity index (χ2n) is 10.4. The average Bonchev–Trinajstić information content (AvgIpc) is 3.24. The fourth-order valence-corrected chi connectivity index (χ4v) is 6.82. The summed E-state index contributed by atoms with van der Waals surface area (Å²) in [7, 11) is 0. The summed E-state index contributed by atoms with van der Waals surface area (Å²) in [6, 6.07) is 19.7. The molecule has 1 spiro atoms. The Balaban J connectivity index is 1.55. The van der Waals surface area contributed by atoms with Crippen molar-refractivity contribution in [3.63, 3.8) is 0 Å². The van der Waals surface area contributed by atoms with Gasteiger partial charge in [0.05, 0.1) is 5.57 Å². The monoisotopic (exact) mass is 581 g/mol. The molecule has 0 fully saturated rings. The number of fused-ring (bicyclic) bond motifs is 5. The Hall–Kier alpha value is -4.14. The zero-order valence-electron chi connectivity index (χ0n) is 24.4. The van der Waals surface area contributed by atoms with Crippen LogP contribution < -0.4 is 19.3 Å². The Bertz CT molecular complexity index is 1640. The van der Waals surface area contributed by atoms with Crippen LogP contribution >= 0.6 is 12.2 Å². The molecule has 7 nitrogen and oxygen atoms in total. The van der Waals surface area contributed by atoms with Gasteiger partial charge in [-0.3, -0.25) is 4.79 Å². The molecule has 1 unspecified atom stereocenters. The van der Waals surface area contributed by atoms with Crippen molar-refractivity contribution in [2.24, 2.45) is 0 Å². The van der Waals surface area contributed by atoms with Crippen LogP contribution in [0.5, 0.6) is 11.5 Å². The van der Waals surface area contributed by atoms with Crippen molar-refractivity contribution in [1.82, 2.24) is 4.31 Å². The van der Waals surface area contributed by atoms with E-state index in [1.807, 2.05) is 60.7 Å². The number of ether oxygens (including phenoxy) is 2. The minimum Gasteiger partial charge on any atom is -0.457 e. The van der Waals surface area contributed by atoms with Crippen LogP contribution in [0.1, 0.15) is 54.7 Å². The van der Waals surface area contributed by atoms with Gasteiger partial charge in [-0.2, -0.15) is 0 Å². The first-order valence-electron chi connectivity index (χ1n) is 14.4. The second-order valence-corrected chi connectivity index (χ2v) is 11.0. The van der Waals surface area contributed by atoms with Crippen LogP contribution in [0.4, 0.5) is 11.4 Å². The Kier molecular flexibility index (Phi) is 7.29. The van der Waals surface area contributed by atoms with Gasteiger partial charge in [0.15, 0.2) is 0 Å². The van der Waals surface area contributed by atoms with Gasteiger partial charge in [-0.1, -0.05) is 30.8 Å². The van der Waals surface area contributed by atoms with E-state index in [2.05, 4.69) is 50.1 Å². The van der Waals surface area contributed by atoms with Crippen LogP contribution in [-0.2, 0) is 5.54 Å². The summed E-state index contributed by atoms with van der Waals surface area (Å²) in [6.45, 7) is 16.2. The number of hydrogen-bond donors (Lipinski definition) is 1. The van der Waals surface area contributed by atoms with Crippen molar-refractivity contribution < 1.29 is 18.8 Å². The molecule has 0 saturated carbocycles. The van der Waals surface area contributed by atoms with E-state index in [0.29, 0.717) is 40.6 Å². The number of nitrogens with zero attached hydrogens (tertiary/aromatic N) is 3. The lowest BCUT2D eigenvalue weighted by Crippen LogP contribution is -2.41. The first-order chi connectivity index (χ1) is 20.4. The molecule has 1 N–H and O–H groups in total. The molecule has 0 aromatic heterocycles. The molecule has 1 atom stereocenters. The Morgan fingerprint density at radius 2 is 1.50 bits per heavy atom. The average molecular weight is 582 g/mol. The molecule has 42 heavy (non-hydrogen) atoms. The van der Waals surface area contributed by atoms with Crippen molar-refractivity contribution in [3.8, 4) is 11.5 Å². The Labute approximate surface area is 251 Å². The summed E-state index contributed by atoms with van der Waals surface area (Å²) in [4.78, 5) is 18.1. The Morgan fingerprint density at radius 3 is 2.17 bits per heavy atom. The number of benzene rings is 3. The van der Waals surface area contributed by atoms with Gasteiger partial charge in [0.25, 0.3) is 5.91 Å². The predicted octanol–water partition coefficient (Wildman–Crippen LogP) is 7.47. The molecule has 3 heterocycles. The second kappa shape index (κ2) is 10.9.